The molecule has 1 aliphatic rings. The number of likely N-dealkylation sites (N-methyl/N-ethyl adjacent to an activating group) is 2. The normalized spacial score (nSPS) is 19.4. The standard InChI is InChI=1S/C34H41N3O3/c1-24-13-12-18-28(25(24)2)32-29(33(39)26-14-8-6-9-15-26)21-37(23-31(38)36(5)20-19-35(3)4)22-30(32)34(40)27-16-10-7-11-17-27/h6-18,29-30,32H,19-23H2,1-5H3/t29-,30+,32?. The molecule has 0 aromatic heterocycles. The van der Waals surface area contributed by atoms with Crippen molar-refractivity contribution in [3.63, 3.8) is 0 Å². The van der Waals surface area contributed by atoms with Crippen molar-refractivity contribution in [1.29, 1.82) is 0 Å². The zero-order valence-corrected chi connectivity index (χ0v) is 24.3. The average Bonchev–Trinajstić information content (AvgIpc) is 2.97. The largest absolute Gasteiger partial charge is 0.343 e. The number of carbonyl (C=O) groups excluding carboxylic acids is 3. The van der Waals surface area contributed by atoms with Crippen LogP contribution in [0.3, 0.4) is 0 Å². The lowest BCUT2D eigenvalue weighted by Gasteiger charge is -2.43. The molecule has 0 bridgehead atoms. The molecule has 4 rings (SSSR count). The first-order valence-corrected chi connectivity index (χ1v) is 14.0. The SMILES string of the molecule is Cc1cccc(C2[C@@H](C(=O)c3ccccc3)CN(CC(=O)N(C)CCN(C)C)C[C@H]2C(=O)c2ccccc2)c1C. The molecule has 0 aliphatic carbocycles. The number of rotatable bonds is 10. The maximum Gasteiger partial charge on any atom is 0.236 e. The van der Waals surface area contributed by atoms with Gasteiger partial charge in [-0.2, -0.15) is 0 Å². The van der Waals surface area contributed by atoms with Gasteiger partial charge in [-0.1, -0.05) is 78.9 Å². The van der Waals surface area contributed by atoms with Crippen molar-refractivity contribution in [2.75, 3.05) is 53.9 Å². The number of nitrogens with zero attached hydrogens (tertiary/aromatic N) is 3. The number of aryl methyl sites for hydroxylation is 1. The lowest BCUT2D eigenvalue weighted by Crippen LogP contribution is -2.53. The van der Waals surface area contributed by atoms with Crippen LogP contribution >= 0.6 is 0 Å². The number of Topliss-reactive ketones (excluding diaryl/α,β-unsaturated/α-hetero) is 2. The summed E-state index contributed by atoms with van der Waals surface area (Å²) in [4.78, 5) is 47.4. The van der Waals surface area contributed by atoms with Crippen LogP contribution in [0.2, 0.25) is 0 Å². The van der Waals surface area contributed by atoms with E-state index in [1.165, 1.54) is 0 Å². The minimum absolute atomic E-state index is 0.00970. The maximum atomic E-state index is 14.2. The van der Waals surface area contributed by atoms with Crippen LogP contribution in [-0.2, 0) is 4.79 Å². The van der Waals surface area contributed by atoms with E-state index in [0.29, 0.717) is 30.8 Å². The van der Waals surface area contributed by atoms with E-state index in [0.717, 1.165) is 23.2 Å². The number of piperidine rings is 1. The summed E-state index contributed by atoms with van der Waals surface area (Å²) >= 11 is 0. The minimum atomic E-state index is -0.478. The Morgan fingerprint density at radius 1 is 0.725 bits per heavy atom. The van der Waals surface area contributed by atoms with Crippen LogP contribution in [0.1, 0.15) is 43.3 Å². The van der Waals surface area contributed by atoms with Gasteiger partial charge in [0.05, 0.1) is 6.54 Å². The highest BCUT2D eigenvalue weighted by Gasteiger charge is 2.45. The summed E-state index contributed by atoms with van der Waals surface area (Å²) < 4.78 is 0. The number of hydrogen-bond donors (Lipinski definition) is 0. The molecule has 1 fully saturated rings. The number of carbonyl (C=O) groups is 3. The monoisotopic (exact) mass is 539 g/mol. The Kier molecular flexibility index (Phi) is 9.67. The Morgan fingerprint density at radius 2 is 1.25 bits per heavy atom. The van der Waals surface area contributed by atoms with Gasteiger partial charge < -0.3 is 9.80 Å². The molecule has 0 spiro atoms. The number of benzene rings is 3. The van der Waals surface area contributed by atoms with Crippen molar-refractivity contribution in [1.82, 2.24) is 14.7 Å². The average molecular weight is 540 g/mol. The lowest BCUT2D eigenvalue weighted by atomic mass is 9.67. The molecule has 6 nitrogen and oxygen atoms in total. The molecule has 0 saturated carbocycles. The molecule has 0 radical (unpaired) electrons. The van der Waals surface area contributed by atoms with Crippen LogP contribution in [0.4, 0.5) is 0 Å². The van der Waals surface area contributed by atoms with Gasteiger partial charge in [-0.25, -0.2) is 0 Å². The molecule has 0 N–H and O–H groups in total. The summed E-state index contributed by atoms with van der Waals surface area (Å²) in [7, 11) is 5.78. The van der Waals surface area contributed by atoms with Gasteiger partial charge in [-0.3, -0.25) is 19.3 Å². The highest BCUT2D eigenvalue weighted by molar-refractivity contribution is 6.02. The van der Waals surface area contributed by atoms with Crippen LogP contribution < -0.4 is 0 Å². The van der Waals surface area contributed by atoms with Crippen LogP contribution in [-0.4, -0.2) is 86.0 Å². The molecule has 6 heteroatoms. The van der Waals surface area contributed by atoms with Crippen LogP contribution in [0.15, 0.2) is 78.9 Å². The van der Waals surface area contributed by atoms with Crippen molar-refractivity contribution in [2.45, 2.75) is 19.8 Å². The minimum Gasteiger partial charge on any atom is -0.343 e. The zero-order valence-electron chi connectivity index (χ0n) is 24.3. The predicted molar refractivity (Wildman–Crippen MR) is 160 cm³/mol. The highest BCUT2D eigenvalue weighted by atomic mass is 16.2. The predicted octanol–water partition coefficient (Wildman–Crippen LogP) is 4.72. The van der Waals surface area contributed by atoms with E-state index in [1.54, 1.807) is 4.90 Å². The molecule has 3 atom stereocenters. The molecule has 1 amide bonds. The fourth-order valence-corrected chi connectivity index (χ4v) is 5.75. The summed E-state index contributed by atoms with van der Waals surface area (Å²) in [5.74, 6) is -1.25. The zero-order chi connectivity index (χ0) is 28.8. The van der Waals surface area contributed by atoms with E-state index in [4.69, 9.17) is 0 Å². The lowest BCUT2D eigenvalue weighted by molar-refractivity contribution is -0.131. The Balaban J connectivity index is 1.76. The van der Waals surface area contributed by atoms with Crippen LogP contribution in [0, 0.1) is 25.7 Å². The molecule has 40 heavy (non-hydrogen) atoms. The van der Waals surface area contributed by atoms with Crippen molar-refractivity contribution >= 4 is 17.5 Å². The Morgan fingerprint density at radius 3 is 1.75 bits per heavy atom. The molecular formula is C34H41N3O3. The number of likely N-dealkylation sites (tertiary alicyclic amines) is 1. The molecule has 210 valence electrons. The number of hydrogen-bond acceptors (Lipinski definition) is 5. The smallest absolute Gasteiger partial charge is 0.236 e. The maximum absolute atomic E-state index is 14.2. The van der Waals surface area contributed by atoms with Gasteiger partial charge in [0.1, 0.15) is 0 Å². The Bertz CT molecular complexity index is 1260. The van der Waals surface area contributed by atoms with E-state index in [1.807, 2.05) is 97.7 Å². The first-order chi connectivity index (χ1) is 19.2. The van der Waals surface area contributed by atoms with E-state index in [2.05, 4.69) is 26.0 Å². The Labute approximate surface area is 238 Å². The van der Waals surface area contributed by atoms with Crippen LogP contribution in [0.25, 0.3) is 0 Å². The van der Waals surface area contributed by atoms with Gasteiger partial charge in [0, 0.05) is 62.1 Å². The van der Waals surface area contributed by atoms with E-state index >= 15 is 0 Å². The van der Waals surface area contributed by atoms with Crippen molar-refractivity contribution < 1.29 is 14.4 Å². The summed E-state index contributed by atoms with van der Waals surface area (Å²) in [6.45, 7) is 6.52. The summed E-state index contributed by atoms with van der Waals surface area (Å²) in [5, 5.41) is 0. The van der Waals surface area contributed by atoms with Gasteiger partial charge in [-0.05, 0) is 44.6 Å². The number of ketones is 2. The molecule has 1 heterocycles. The van der Waals surface area contributed by atoms with Crippen molar-refractivity contribution in [2.24, 2.45) is 11.8 Å². The van der Waals surface area contributed by atoms with Crippen molar-refractivity contribution in [3.8, 4) is 0 Å². The van der Waals surface area contributed by atoms with Crippen LogP contribution in [0.5, 0.6) is 0 Å². The second-order valence-corrected chi connectivity index (χ2v) is 11.3. The molecule has 1 saturated heterocycles. The molecular weight excluding hydrogens is 498 g/mol. The third kappa shape index (κ3) is 6.75. The molecule has 1 aliphatic heterocycles. The molecule has 3 aromatic rings. The van der Waals surface area contributed by atoms with Gasteiger partial charge in [0.15, 0.2) is 11.6 Å². The molecule has 1 unspecified atom stereocenters. The first-order valence-electron chi connectivity index (χ1n) is 14.0. The van der Waals surface area contributed by atoms with E-state index < -0.39 is 11.8 Å². The summed E-state index contributed by atoms with van der Waals surface area (Å²) in [6, 6.07) is 24.8. The third-order valence-corrected chi connectivity index (χ3v) is 8.24. The first kappa shape index (κ1) is 29.4. The van der Waals surface area contributed by atoms with Gasteiger partial charge in [0.25, 0.3) is 0 Å². The van der Waals surface area contributed by atoms with Gasteiger partial charge in [-0.15, -0.1) is 0 Å². The Hall–Kier alpha value is -3.61. The fourth-order valence-electron chi connectivity index (χ4n) is 5.75. The van der Waals surface area contributed by atoms with Gasteiger partial charge in [0.2, 0.25) is 5.91 Å². The summed E-state index contributed by atoms with van der Waals surface area (Å²) in [5.41, 5.74) is 4.54. The van der Waals surface area contributed by atoms with E-state index in [9.17, 15) is 14.4 Å². The number of amides is 1. The second kappa shape index (κ2) is 13.2. The fraction of sp³-hybridized carbons (Fsp3) is 0.382. The summed E-state index contributed by atoms with van der Waals surface area (Å²) in [6.07, 6.45) is 0. The van der Waals surface area contributed by atoms with Gasteiger partial charge >= 0.3 is 0 Å². The third-order valence-electron chi connectivity index (χ3n) is 8.24. The second-order valence-electron chi connectivity index (χ2n) is 11.3. The molecule has 3 aromatic carbocycles. The quantitative estimate of drug-likeness (QED) is 0.349. The van der Waals surface area contributed by atoms with Crippen molar-refractivity contribution in [3.05, 3.63) is 107 Å². The topological polar surface area (TPSA) is 60.9 Å². The highest BCUT2D eigenvalue weighted by Crippen LogP contribution is 2.42. The van der Waals surface area contributed by atoms with E-state index in [-0.39, 0.29) is 29.9 Å².